The molecule has 2 aromatic carbocycles. The van der Waals surface area contributed by atoms with Gasteiger partial charge in [-0.2, -0.15) is 28.1 Å². The zero-order valence-corrected chi connectivity index (χ0v) is 24.5. The van der Waals surface area contributed by atoms with Gasteiger partial charge in [0.1, 0.15) is 11.6 Å². The molecule has 3 aliphatic heterocycles. The molecule has 4 heterocycles. The summed E-state index contributed by atoms with van der Waals surface area (Å²) in [5.74, 6) is 0.690. The molecule has 6 bridgehead atoms. The van der Waals surface area contributed by atoms with Gasteiger partial charge in [0, 0.05) is 44.7 Å². The second-order valence-electron chi connectivity index (χ2n) is 10.1. The van der Waals surface area contributed by atoms with Crippen LogP contribution in [-0.2, 0) is 13.0 Å². The smallest absolute Gasteiger partial charge is 0.422 e. The van der Waals surface area contributed by atoms with E-state index in [1.165, 1.54) is 0 Å². The number of hydrogen-bond acceptors (Lipinski definition) is 8. The molecule has 3 amide bonds. The maximum Gasteiger partial charge on any atom is 0.422 e. The summed E-state index contributed by atoms with van der Waals surface area (Å²) in [6.45, 7) is 3.09. The van der Waals surface area contributed by atoms with Gasteiger partial charge < -0.3 is 30.3 Å². The molecule has 14 heteroatoms. The van der Waals surface area contributed by atoms with E-state index >= 15 is 0 Å². The van der Waals surface area contributed by atoms with Gasteiger partial charge >= 0.3 is 18.2 Å². The van der Waals surface area contributed by atoms with Gasteiger partial charge in [-0.15, -0.1) is 0 Å². The van der Waals surface area contributed by atoms with Crippen LogP contribution in [-0.4, -0.2) is 77.4 Å². The first-order valence-electron chi connectivity index (χ1n) is 14.5. The Morgan fingerprint density at radius 2 is 1.70 bits per heavy atom. The summed E-state index contributed by atoms with van der Waals surface area (Å²) in [6.07, 6.45) is -2.34. The molecule has 0 spiro atoms. The average molecular weight is 616 g/mol. The molecule has 3 N–H and O–H groups in total. The molecule has 0 aliphatic carbocycles. The Bertz CT molecular complexity index is 1370. The summed E-state index contributed by atoms with van der Waals surface area (Å²) in [5, 5.41) is 8.76. The van der Waals surface area contributed by atoms with Crippen LogP contribution in [0.5, 0.6) is 11.8 Å². The predicted octanol–water partition coefficient (Wildman–Crippen LogP) is 4.34. The number of hydrogen-bond donors (Lipinski definition) is 3. The minimum atomic E-state index is -4.55. The minimum absolute atomic E-state index is 0.0608. The van der Waals surface area contributed by atoms with E-state index in [4.69, 9.17) is 9.47 Å². The molecule has 11 nitrogen and oxygen atoms in total. The van der Waals surface area contributed by atoms with Crippen molar-refractivity contribution < 1.29 is 32.2 Å². The molecule has 44 heavy (non-hydrogen) atoms. The number of amides is 3. The summed E-state index contributed by atoms with van der Waals surface area (Å²) in [4.78, 5) is 39.4. The lowest BCUT2D eigenvalue weighted by Gasteiger charge is -2.23. The number of anilines is 1. The Morgan fingerprint density at radius 3 is 2.43 bits per heavy atom. The molecule has 0 unspecified atom stereocenters. The molecule has 236 valence electrons. The highest BCUT2D eigenvalue weighted by Gasteiger charge is 2.29. The monoisotopic (exact) mass is 615 g/mol. The lowest BCUT2D eigenvalue weighted by Crippen LogP contribution is -2.41. The fraction of sp³-hybridized carbons (Fsp3) is 0.433. The fourth-order valence-electron chi connectivity index (χ4n) is 4.36. The van der Waals surface area contributed by atoms with Gasteiger partial charge in [-0.05, 0) is 61.6 Å². The number of carbonyl (C=O) groups excluding carboxylic acids is 2. The topological polar surface area (TPSA) is 131 Å². The number of nitrogens with one attached hydrogen (secondary N) is 3. The number of halogens is 3. The first kappa shape index (κ1) is 32.3. The molecular weight excluding hydrogens is 579 g/mol. The molecule has 0 saturated heterocycles. The van der Waals surface area contributed by atoms with E-state index < -0.39 is 18.8 Å². The predicted molar refractivity (Wildman–Crippen MR) is 157 cm³/mol. The third-order valence-electron chi connectivity index (χ3n) is 6.58. The summed E-state index contributed by atoms with van der Waals surface area (Å²) in [7, 11) is 0. The standard InChI is InChI=1S/C30H36F3N7O4/c1-2-34-29(42)40-15-4-3-14-35-26(41)23-10-6-21(7-11-23)18-25-37-27(39-28(38-25)44-20-30(31,32)33)36-19-22-8-12-24(13-9-22)43-17-5-16-40/h6-13H,2-5,14-20H2,1H3,(H,34,42)(H,35,41)(H,36,37,38,39). The van der Waals surface area contributed by atoms with Gasteiger partial charge in [-0.3, -0.25) is 4.79 Å². The van der Waals surface area contributed by atoms with Crippen molar-refractivity contribution in [2.75, 3.05) is 44.7 Å². The van der Waals surface area contributed by atoms with Crippen LogP contribution in [0.2, 0.25) is 0 Å². The van der Waals surface area contributed by atoms with Crippen LogP contribution in [0.15, 0.2) is 48.5 Å². The van der Waals surface area contributed by atoms with Crippen molar-refractivity contribution in [2.24, 2.45) is 0 Å². The van der Waals surface area contributed by atoms with Gasteiger partial charge in [-0.25, -0.2) is 4.79 Å². The quantitative estimate of drug-likeness (QED) is 0.397. The van der Waals surface area contributed by atoms with Crippen LogP contribution in [0.4, 0.5) is 23.9 Å². The van der Waals surface area contributed by atoms with E-state index in [2.05, 4.69) is 30.9 Å². The fourth-order valence-corrected chi connectivity index (χ4v) is 4.36. The summed E-state index contributed by atoms with van der Waals surface area (Å²) in [5.41, 5.74) is 2.06. The van der Waals surface area contributed by atoms with Crippen LogP contribution in [0.3, 0.4) is 0 Å². The maximum atomic E-state index is 12.8. The number of rotatable bonds is 3. The highest BCUT2D eigenvalue weighted by atomic mass is 19.4. The highest BCUT2D eigenvalue weighted by molar-refractivity contribution is 5.94. The second-order valence-corrected chi connectivity index (χ2v) is 10.1. The molecule has 3 aromatic rings. The molecule has 0 fully saturated rings. The number of carbonyl (C=O) groups is 2. The van der Waals surface area contributed by atoms with Crippen LogP contribution >= 0.6 is 0 Å². The molecular formula is C30H36F3N7O4. The van der Waals surface area contributed by atoms with Crippen molar-refractivity contribution >= 4 is 17.9 Å². The Morgan fingerprint density at radius 1 is 0.977 bits per heavy atom. The molecule has 0 radical (unpaired) electrons. The lowest BCUT2D eigenvalue weighted by atomic mass is 10.1. The Hall–Kier alpha value is -4.62. The van der Waals surface area contributed by atoms with Gasteiger partial charge in [0.15, 0.2) is 6.61 Å². The number of nitrogens with zero attached hydrogens (tertiary/aromatic N) is 4. The number of urea groups is 1. The number of alkyl halides is 3. The maximum absolute atomic E-state index is 12.8. The average Bonchev–Trinajstić information content (AvgIpc) is 3.00. The molecule has 0 atom stereocenters. The Labute approximate surface area is 253 Å². The van der Waals surface area contributed by atoms with Gasteiger partial charge in [0.25, 0.3) is 5.91 Å². The van der Waals surface area contributed by atoms with Crippen LogP contribution in [0.1, 0.15) is 53.5 Å². The van der Waals surface area contributed by atoms with Gasteiger partial charge in [0.05, 0.1) is 6.61 Å². The Balaban J connectivity index is 1.52. The van der Waals surface area contributed by atoms with E-state index in [-0.39, 0.29) is 36.7 Å². The van der Waals surface area contributed by atoms with Crippen molar-refractivity contribution in [3.63, 3.8) is 0 Å². The number of ether oxygens (including phenoxy) is 2. The zero-order chi connectivity index (χ0) is 31.4. The van der Waals surface area contributed by atoms with E-state index in [1.807, 2.05) is 31.2 Å². The number of aromatic nitrogens is 3. The first-order valence-corrected chi connectivity index (χ1v) is 14.5. The second kappa shape index (κ2) is 15.7. The van der Waals surface area contributed by atoms with Crippen LogP contribution < -0.4 is 25.4 Å². The minimum Gasteiger partial charge on any atom is -0.494 e. The highest BCUT2D eigenvalue weighted by Crippen LogP contribution is 2.19. The van der Waals surface area contributed by atoms with Crippen molar-refractivity contribution in [1.29, 1.82) is 0 Å². The van der Waals surface area contributed by atoms with Crippen LogP contribution in [0, 0.1) is 0 Å². The van der Waals surface area contributed by atoms with Crippen molar-refractivity contribution in [3.05, 3.63) is 71.0 Å². The van der Waals surface area contributed by atoms with E-state index in [0.29, 0.717) is 56.9 Å². The van der Waals surface area contributed by atoms with Gasteiger partial charge in [-0.1, -0.05) is 24.3 Å². The van der Waals surface area contributed by atoms with E-state index in [1.54, 1.807) is 29.2 Å². The SMILES string of the molecule is CCNC(=O)N1CCCCNC(=O)c2ccc(cc2)Cc2nc(nc(OCC(F)(F)F)n2)NCc2ccc(cc2)OCCC1. The third kappa shape index (κ3) is 10.6. The largest absolute Gasteiger partial charge is 0.494 e. The molecule has 0 saturated carbocycles. The number of benzene rings is 2. The van der Waals surface area contributed by atoms with Crippen LogP contribution in [0.25, 0.3) is 0 Å². The zero-order valence-electron chi connectivity index (χ0n) is 24.5. The lowest BCUT2D eigenvalue weighted by molar-refractivity contribution is -0.154. The molecule has 6 rings (SSSR count). The Kier molecular flexibility index (Phi) is 11.5. The van der Waals surface area contributed by atoms with E-state index in [9.17, 15) is 22.8 Å². The molecule has 3 aliphatic rings. The third-order valence-corrected chi connectivity index (χ3v) is 6.58. The first-order chi connectivity index (χ1) is 21.2. The molecule has 1 aromatic heterocycles. The van der Waals surface area contributed by atoms with Gasteiger partial charge in [0.2, 0.25) is 5.95 Å². The summed E-state index contributed by atoms with van der Waals surface area (Å²) in [6, 6.07) is 13.5. The summed E-state index contributed by atoms with van der Waals surface area (Å²) >= 11 is 0. The number of fused-ring (bicyclic) bond motifs is 2. The van der Waals surface area contributed by atoms with Crippen molar-refractivity contribution in [2.45, 2.75) is 45.3 Å². The normalized spacial score (nSPS) is 15.3. The van der Waals surface area contributed by atoms with Crippen molar-refractivity contribution in [1.82, 2.24) is 30.5 Å². The van der Waals surface area contributed by atoms with Crippen molar-refractivity contribution in [3.8, 4) is 11.8 Å². The summed E-state index contributed by atoms with van der Waals surface area (Å²) < 4.78 is 49.1. The van der Waals surface area contributed by atoms with E-state index in [0.717, 1.165) is 17.5 Å².